The molecule has 7 heteroatoms. The summed E-state index contributed by atoms with van der Waals surface area (Å²) < 4.78 is 38.2. The quantitative estimate of drug-likeness (QED) is 0.648. The lowest BCUT2D eigenvalue weighted by Gasteiger charge is -2.33. The molecule has 1 aliphatic heterocycles. The highest BCUT2D eigenvalue weighted by molar-refractivity contribution is 5.79. The van der Waals surface area contributed by atoms with E-state index >= 15 is 0 Å². The molecule has 0 aliphatic carbocycles. The number of nitrogens with zero attached hydrogens (tertiary/aromatic N) is 2. The zero-order valence-corrected chi connectivity index (χ0v) is 17.4. The summed E-state index contributed by atoms with van der Waals surface area (Å²) >= 11 is 0. The van der Waals surface area contributed by atoms with Crippen LogP contribution in [0.5, 0.6) is 0 Å². The van der Waals surface area contributed by atoms with E-state index in [4.69, 9.17) is 0 Å². The fraction of sp³-hybridized carbons (Fsp3) is 0.435. The van der Waals surface area contributed by atoms with Gasteiger partial charge in [-0.05, 0) is 36.6 Å². The van der Waals surface area contributed by atoms with Crippen molar-refractivity contribution in [3.05, 3.63) is 71.8 Å². The van der Waals surface area contributed by atoms with Gasteiger partial charge in [0.2, 0.25) is 5.91 Å². The van der Waals surface area contributed by atoms with E-state index in [1.165, 1.54) is 12.1 Å². The summed E-state index contributed by atoms with van der Waals surface area (Å²) in [6.07, 6.45) is 3.23. The van der Waals surface area contributed by atoms with Gasteiger partial charge >= 0.3 is 6.18 Å². The van der Waals surface area contributed by atoms with Crippen molar-refractivity contribution in [2.24, 2.45) is 0 Å². The largest absolute Gasteiger partial charge is 0.416 e. The fourth-order valence-electron chi connectivity index (χ4n) is 3.54. The molecule has 1 aromatic carbocycles. The van der Waals surface area contributed by atoms with Crippen LogP contribution in [0.15, 0.2) is 60.7 Å². The van der Waals surface area contributed by atoms with E-state index in [9.17, 15) is 23.1 Å². The molecule has 1 heterocycles. The number of allylic oxidation sites excluding steroid dienone is 3. The van der Waals surface area contributed by atoms with Gasteiger partial charge in [-0.1, -0.05) is 43.0 Å². The number of likely N-dealkylation sites (N-methyl/N-ethyl adjacent to an activating group) is 1. The van der Waals surface area contributed by atoms with Crippen LogP contribution in [0.25, 0.3) is 0 Å². The van der Waals surface area contributed by atoms with E-state index in [0.29, 0.717) is 25.1 Å². The highest BCUT2D eigenvalue weighted by Gasteiger charge is 2.31. The smallest absolute Gasteiger partial charge is 0.392 e. The molecule has 30 heavy (non-hydrogen) atoms. The standard InChI is InChI=1S/C23H29F3N2O2/c1-4-6-7-18(5-2)21(16-28-13-12-20(29)15-28)27(3)22(30)14-17-8-10-19(11-9-17)23(24,25)26/h4-11,20-21,29H,1,12-16H2,2-3H3/b7-6-,18-5+/t20-,21?/m0/s1. The van der Waals surface area contributed by atoms with Gasteiger partial charge in [0.05, 0.1) is 24.1 Å². The van der Waals surface area contributed by atoms with E-state index in [2.05, 4.69) is 11.5 Å². The number of β-amino-alcohol motifs (C(OH)–C–C–N with tert-alkyl or cyclic N) is 1. The Morgan fingerprint density at radius 3 is 2.53 bits per heavy atom. The lowest BCUT2D eigenvalue weighted by Crippen LogP contribution is -2.46. The number of alkyl halides is 3. The van der Waals surface area contributed by atoms with Crippen LogP contribution in [0.3, 0.4) is 0 Å². The van der Waals surface area contributed by atoms with Gasteiger partial charge in [0, 0.05) is 26.7 Å². The average molecular weight is 422 g/mol. The topological polar surface area (TPSA) is 43.8 Å². The number of carbonyl (C=O) groups excluding carboxylic acids is 1. The number of rotatable bonds is 8. The van der Waals surface area contributed by atoms with Crippen molar-refractivity contribution >= 4 is 5.91 Å². The highest BCUT2D eigenvalue weighted by atomic mass is 19.4. The van der Waals surface area contributed by atoms with Crippen molar-refractivity contribution in [3.63, 3.8) is 0 Å². The van der Waals surface area contributed by atoms with Crippen molar-refractivity contribution in [2.45, 2.75) is 38.1 Å². The third-order valence-electron chi connectivity index (χ3n) is 5.32. The Morgan fingerprint density at radius 2 is 2.03 bits per heavy atom. The first-order valence-electron chi connectivity index (χ1n) is 9.93. The summed E-state index contributed by atoms with van der Waals surface area (Å²) in [6, 6.07) is 4.42. The summed E-state index contributed by atoms with van der Waals surface area (Å²) in [6.45, 7) is 7.44. The van der Waals surface area contributed by atoms with E-state index in [0.717, 1.165) is 24.3 Å². The predicted octanol–water partition coefficient (Wildman–Crippen LogP) is 3.83. The first kappa shape index (κ1) is 23.9. The highest BCUT2D eigenvalue weighted by Crippen LogP contribution is 2.29. The molecule has 0 aromatic heterocycles. The van der Waals surface area contributed by atoms with Crippen LogP contribution < -0.4 is 0 Å². The molecule has 1 aromatic rings. The third-order valence-corrected chi connectivity index (χ3v) is 5.32. The summed E-state index contributed by atoms with van der Waals surface area (Å²) in [7, 11) is 1.70. The van der Waals surface area contributed by atoms with Crippen molar-refractivity contribution in [1.29, 1.82) is 0 Å². The monoisotopic (exact) mass is 422 g/mol. The minimum atomic E-state index is -4.40. The fourth-order valence-corrected chi connectivity index (χ4v) is 3.54. The molecule has 1 N–H and O–H groups in total. The van der Waals surface area contributed by atoms with Crippen LogP contribution >= 0.6 is 0 Å². The summed E-state index contributed by atoms with van der Waals surface area (Å²) in [4.78, 5) is 16.7. The average Bonchev–Trinajstić information content (AvgIpc) is 3.11. The molecule has 0 radical (unpaired) electrons. The lowest BCUT2D eigenvalue weighted by atomic mass is 10.0. The molecule has 1 aliphatic rings. The number of hydrogen-bond donors (Lipinski definition) is 1. The lowest BCUT2D eigenvalue weighted by molar-refractivity contribution is -0.137. The van der Waals surface area contributed by atoms with Gasteiger partial charge in [0.15, 0.2) is 0 Å². The molecular weight excluding hydrogens is 393 g/mol. The van der Waals surface area contributed by atoms with Crippen LogP contribution in [0, 0.1) is 0 Å². The summed E-state index contributed by atoms with van der Waals surface area (Å²) in [5.74, 6) is -0.189. The molecule has 2 atom stereocenters. The van der Waals surface area contributed by atoms with Crippen molar-refractivity contribution in [1.82, 2.24) is 9.80 Å². The SMILES string of the molecule is C=C/C=C\C(=C/C)C(CN1CC[C@H](O)C1)N(C)C(=O)Cc1ccc(C(F)(F)F)cc1. The van der Waals surface area contributed by atoms with Crippen LogP contribution in [-0.4, -0.2) is 59.6 Å². The van der Waals surface area contributed by atoms with Crippen LogP contribution in [0.1, 0.15) is 24.5 Å². The van der Waals surface area contributed by atoms with E-state index < -0.39 is 11.7 Å². The van der Waals surface area contributed by atoms with Gasteiger partial charge in [-0.3, -0.25) is 9.69 Å². The summed E-state index contributed by atoms with van der Waals surface area (Å²) in [5, 5.41) is 9.83. The van der Waals surface area contributed by atoms with Crippen molar-refractivity contribution < 1.29 is 23.1 Å². The molecule has 164 valence electrons. The van der Waals surface area contributed by atoms with Gasteiger partial charge in [-0.15, -0.1) is 0 Å². The zero-order valence-electron chi connectivity index (χ0n) is 17.4. The first-order chi connectivity index (χ1) is 14.2. The minimum Gasteiger partial charge on any atom is -0.392 e. The predicted molar refractivity (Wildman–Crippen MR) is 112 cm³/mol. The molecule has 1 amide bonds. The minimum absolute atomic E-state index is 0.00985. The Morgan fingerprint density at radius 1 is 1.37 bits per heavy atom. The second-order valence-corrected chi connectivity index (χ2v) is 7.48. The molecular formula is C23H29F3N2O2. The number of aliphatic hydroxyl groups excluding tert-OH is 1. The second-order valence-electron chi connectivity index (χ2n) is 7.48. The van der Waals surface area contributed by atoms with Gasteiger partial charge in [0.25, 0.3) is 0 Å². The van der Waals surface area contributed by atoms with E-state index in [1.807, 2.05) is 19.1 Å². The molecule has 1 saturated heterocycles. The van der Waals surface area contributed by atoms with Gasteiger partial charge in [0.1, 0.15) is 0 Å². The Hall–Kier alpha value is -2.38. The van der Waals surface area contributed by atoms with E-state index in [-0.39, 0.29) is 24.5 Å². The molecule has 1 unspecified atom stereocenters. The molecule has 4 nitrogen and oxygen atoms in total. The normalized spacial score (nSPS) is 19.3. The van der Waals surface area contributed by atoms with Crippen molar-refractivity contribution in [2.75, 3.05) is 26.7 Å². The maximum atomic E-state index is 12.9. The van der Waals surface area contributed by atoms with Crippen LogP contribution in [0.4, 0.5) is 13.2 Å². The number of likely N-dealkylation sites (tertiary alicyclic amines) is 1. The number of carbonyl (C=O) groups is 1. The summed E-state index contributed by atoms with van der Waals surface area (Å²) in [5.41, 5.74) is 0.724. The second kappa shape index (κ2) is 10.6. The number of amides is 1. The Labute approximate surface area is 176 Å². The number of hydrogen-bond acceptors (Lipinski definition) is 3. The maximum Gasteiger partial charge on any atom is 0.416 e. The van der Waals surface area contributed by atoms with Gasteiger partial charge in [-0.2, -0.15) is 13.2 Å². The third kappa shape index (κ3) is 6.57. The molecule has 0 saturated carbocycles. The first-order valence-corrected chi connectivity index (χ1v) is 9.93. The number of benzene rings is 1. The Kier molecular flexibility index (Phi) is 8.43. The number of aliphatic hydroxyl groups is 1. The number of halogens is 3. The Bertz CT molecular complexity index is 785. The molecule has 0 bridgehead atoms. The zero-order chi connectivity index (χ0) is 22.3. The molecule has 2 rings (SSSR count). The molecule has 1 fully saturated rings. The van der Waals surface area contributed by atoms with Crippen LogP contribution in [0.2, 0.25) is 0 Å². The van der Waals surface area contributed by atoms with Crippen molar-refractivity contribution in [3.8, 4) is 0 Å². The maximum absolute atomic E-state index is 12.9. The van der Waals surface area contributed by atoms with E-state index in [1.54, 1.807) is 24.1 Å². The Balaban J connectivity index is 2.16. The van der Waals surface area contributed by atoms with Crippen LogP contribution in [-0.2, 0) is 17.4 Å². The molecule has 0 spiro atoms. The van der Waals surface area contributed by atoms with Gasteiger partial charge < -0.3 is 10.0 Å². The van der Waals surface area contributed by atoms with Gasteiger partial charge in [-0.25, -0.2) is 0 Å².